The molecule has 0 aliphatic heterocycles. The lowest BCUT2D eigenvalue weighted by Crippen LogP contribution is -2.10. The smallest absolute Gasteiger partial charge is 0.248 e. The van der Waals surface area contributed by atoms with E-state index in [1.165, 1.54) is 11.3 Å². The lowest BCUT2D eigenvalue weighted by Gasteiger charge is -2.09. The Bertz CT molecular complexity index is 1140. The van der Waals surface area contributed by atoms with Gasteiger partial charge in [-0.15, -0.1) is 0 Å². The van der Waals surface area contributed by atoms with Crippen LogP contribution in [0.15, 0.2) is 72.9 Å². The third-order valence-corrected chi connectivity index (χ3v) is 4.81. The lowest BCUT2D eigenvalue weighted by atomic mass is 10.2. The fourth-order valence-corrected chi connectivity index (χ4v) is 3.41. The summed E-state index contributed by atoms with van der Waals surface area (Å²) in [6.45, 7) is 0. The van der Waals surface area contributed by atoms with Crippen LogP contribution in [0.3, 0.4) is 0 Å². The van der Waals surface area contributed by atoms with E-state index in [1.54, 1.807) is 42.6 Å². The summed E-state index contributed by atoms with van der Waals surface area (Å²) in [7, 11) is 0. The third-order valence-electron chi connectivity index (χ3n) is 4.04. The molecule has 144 valence electrons. The van der Waals surface area contributed by atoms with Crippen molar-refractivity contribution in [2.75, 3.05) is 11.1 Å². The maximum Gasteiger partial charge on any atom is 0.248 e. The van der Waals surface area contributed by atoms with E-state index in [-0.39, 0.29) is 0 Å². The molecule has 0 radical (unpaired) electrons. The summed E-state index contributed by atoms with van der Waals surface area (Å²) in [6, 6.07) is 20.1. The fraction of sp³-hybridized carbons (Fsp3) is 0. The number of hydrogen-bond donors (Lipinski definition) is 3. The Kier molecular flexibility index (Phi) is 5.08. The van der Waals surface area contributed by atoms with Gasteiger partial charge in [-0.1, -0.05) is 41.7 Å². The van der Waals surface area contributed by atoms with Gasteiger partial charge in [0, 0.05) is 29.1 Å². The first-order valence-electron chi connectivity index (χ1n) is 8.71. The molecule has 2 aromatic heterocycles. The van der Waals surface area contributed by atoms with Crippen LogP contribution in [0.4, 0.5) is 16.6 Å². The molecule has 0 aliphatic rings. The zero-order valence-corrected chi connectivity index (χ0v) is 16.0. The maximum absolute atomic E-state index is 11.2. The van der Waals surface area contributed by atoms with Crippen molar-refractivity contribution in [2.24, 2.45) is 5.73 Å². The topological polar surface area (TPSA) is 116 Å². The van der Waals surface area contributed by atoms with Crippen molar-refractivity contribution in [1.82, 2.24) is 9.97 Å². The molecule has 2 heterocycles. The molecule has 0 saturated heterocycles. The predicted molar refractivity (Wildman–Crippen MR) is 115 cm³/mol. The third kappa shape index (κ3) is 4.33. The van der Waals surface area contributed by atoms with Crippen molar-refractivity contribution in [3.63, 3.8) is 0 Å². The van der Waals surface area contributed by atoms with E-state index >= 15 is 0 Å². The van der Waals surface area contributed by atoms with Gasteiger partial charge < -0.3 is 21.5 Å². The van der Waals surface area contributed by atoms with Crippen LogP contribution in [0.1, 0.15) is 10.4 Å². The van der Waals surface area contributed by atoms with Gasteiger partial charge in [-0.25, -0.2) is 9.97 Å². The number of primary amides is 1. The van der Waals surface area contributed by atoms with Crippen LogP contribution in [-0.4, -0.2) is 15.9 Å². The highest BCUT2D eigenvalue weighted by atomic mass is 32.1. The van der Waals surface area contributed by atoms with Gasteiger partial charge in [-0.3, -0.25) is 4.79 Å². The van der Waals surface area contributed by atoms with Crippen molar-refractivity contribution in [3.8, 4) is 22.1 Å². The summed E-state index contributed by atoms with van der Waals surface area (Å²) in [4.78, 5) is 19.9. The number of hydrogen-bond acceptors (Lipinski definition) is 7. The fourth-order valence-electron chi connectivity index (χ4n) is 2.69. The zero-order chi connectivity index (χ0) is 20.2. The summed E-state index contributed by atoms with van der Waals surface area (Å²) >= 11 is 1.28. The number of nitrogens with zero attached hydrogens (tertiary/aromatic N) is 2. The van der Waals surface area contributed by atoms with Crippen LogP contribution in [0.25, 0.3) is 11.3 Å². The van der Waals surface area contributed by atoms with Crippen LogP contribution >= 0.6 is 11.3 Å². The molecule has 0 atom stereocenters. The molecule has 0 unspecified atom stereocenters. The number of ether oxygens (including phenoxy) is 1. The highest BCUT2D eigenvalue weighted by Crippen LogP contribution is 2.39. The second-order valence-electron chi connectivity index (χ2n) is 6.10. The monoisotopic (exact) mass is 403 g/mol. The van der Waals surface area contributed by atoms with Crippen molar-refractivity contribution in [2.45, 2.75) is 0 Å². The minimum atomic E-state index is -0.469. The first kappa shape index (κ1) is 18.5. The number of pyridine rings is 1. The predicted octanol–water partition coefficient (Wildman–Crippen LogP) is 4.42. The molecule has 4 aromatic rings. The van der Waals surface area contributed by atoms with Crippen LogP contribution in [0.5, 0.6) is 10.8 Å². The Balaban J connectivity index is 1.55. The highest BCUT2D eigenvalue weighted by molar-refractivity contribution is 7.17. The van der Waals surface area contributed by atoms with Gasteiger partial charge in [-0.2, -0.15) is 0 Å². The van der Waals surface area contributed by atoms with Gasteiger partial charge in [0.1, 0.15) is 17.3 Å². The molecule has 7 nitrogen and oxygen atoms in total. The van der Waals surface area contributed by atoms with Gasteiger partial charge in [0.05, 0.1) is 0 Å². The van der Waals surface area contributed by atoms with E-state index in [0.717, 1.165) is 11.3 Å². The molecule has 0 spiro atoms. The summed E-state index contributed by atoms with van der Waals surface area (Å²) < 4.78 is 6.05. The summed E-state index contributed by atoms with van der Waals surface area (Å²) in [5, 5.41) is 4.21. The number of thiazole rings is 1. The minimum absolute atomic E-state index is 0.431. The number of carbonyl (C=O) groups is 1. The van der Waals surface area contributed by atoms with Gasteiger partial charge in [0.25, 0.3) is 0 Å². The number of benzene rings is 2. The lowest BCUT2D eigenvalue weighted by molar-refractivity contribution is 0.100. The number of aromatic nitrogens is 2. The molecule has 2 aromatic carbocycles. The van der Waals surface area contributed by atoms with Crippen molar-refractivity contribution >= 4 is 33.9 Å². The molecule has 0 saturated carbocycles. The standard InChI is InChI=1S/C21H17N5O2S/c22-19(27)14-6-8-15(9-7-14)25-17-12-16(10-11-24-17)28-20-18(26-21(23)29-20)13-4-2-1-3-5-13/h1-12H,(H2,22,27)(H2,23,26)(H,24,25). The summed E-state index contributed by atoms with van der Waals surface area (Å²) in [5.41, 5.74) is 14.0. The number of nitrogens with one attached hydrogen (secondary N) is 1. The van der Waals surface area contributed by atoms with Gasteiger partial charge >= 0.3 is 0 Å². The molecule has 0 aliphatic carbocycles. The Labute approximate surface area is 171 Å². The molecule has 0 fully saturated rings. The summed E-state index contributed by atoms with van der Waals surface area (Å²) in [6.07, 6.45) is 1.64. The largest absolute Gasteiger partial charge is 0.444 e. The van der Waals surface area contributed by atoms with Crippen LogP contribution in [0.2, 0.25) is 0 Å². The first-order valence-corrected chi connectivity index (χ1v) is 9.52. The molecule has 4 rings (SSSR count). The molecule has 1 amide bonds. The number of carbonyl (C=O) groups excluding carboxylic acids is 1. The molecule has 29 heavy (non-hydrogen) atoms. The van der Waals surface area contributed by atoms with Crippen molar-refractivity contribution in [1.29, 1.82) is 0 Å². The number of nitrogen functional groups attached to an aromatic ring is 1. The van der Waals surface area contributed by atoms with E-state index in [2.05, 4.69) is 15.3 Å². The Morgan fingerprint density at radius 3 is 2.52 bits per heavy atom. The molecule has 0 bridgehead atoms. The normalized spacial score (nSPS) is 10.5. The maximum atomic E-state index is 11.2. The number of amides is 1. The Hall–Kier alpha value is -3.91. The Morgan fingerprint density at radius 1 is 1.03 bits per heavy atom. The number of rotatable bonds is 6. The van der Waals surface area contributed by atoms with Crippen LogP contribution in [-0.2, 0) is 0 Å². The SMILES string of the molecule is NC(=O)c1ccc(Nc2cc(Oc3sc(N)nc3-c3ccccc3)ccn2)cc1. The quantitative estimate of drug-likeness (QED) is 0.439. The second kappa shape index (κ2) is 7.99. The summed E-state index contributed by atoms with van der Waals surface area (Å²) in [5.74, 6) is 0.716. The number of nitrogens with two attached hydrogens (primary N) is 2. The van der Waals surface area contributed by atoms with E-state index in [1.807, 2.05) is 30.3 Å². The molecular weight excluding hydrogens is 386 g/mol. The van der Waals surface area contributed by atoms with Crippen LogP contribution < -0.4 is 21.5 Å². The van der Waals surface area contributed by atoms with E-state index < -0.39 is 5.91 Å². The second-order valence-corrected chi connectivity index (χ2v) is 7.09. The van der Waals surface area contributed by atoms with E-state index in [4.69, 9.17) is 16.2 Å². The average molecular weight is 403 g/mol. The van der Waals surface area contributed by atoms with E-state index in [9.17, 15) is 4.79 Å². The highest BCUT2D eigenvalue weighted by Gasteiger charge is 2.14. The average Bonchev–Trinajstić information content (AvgIpc) is 3.09. The van der Waals surface area contributed by atoms with Gasteiger partial charge in [-0.05, 0) is 30.3 Å². The minimum Gasteiger partial charge on any atom is -0.444 e. The molecule has 5 N–H and O–H groups in total. The van der Waals surface area contributed by atoms with Gasteiger partial charge in [0.15, 0.2) is 5.13 Å². The molecule has 8 heteroatoms. The zero-order valence-electron chi connectivity index (χ0n) is 15.2. The first-order chi connectivity index (χ1) is 14.1. The number of anilines is 3. The van der Waals surface area contributed by atoms with E-state index in [0.29, 0.717) is 33.0 Å². The molecular formula is C21H17N5O2S. The van der Waals surface area contributed by atoms with Crippen molar-refractivity contribution < 1.29 is 9.53 Å². The van der Waals surface area contributed by atoms with Crippen LogP contribution in [0, 0.1) is 0 Å². The Morgan fingerprint density at radius 2 is 1.79 bits per heavy atom. The van der Waals surface area contributed by atoms with Gasteiger partial charge in [0.2, 0.25) is 11.0 Å². The van der Waals surface area contributed by atoms with Crippen molar-refractivity contribution in [3.05, 3.63) is 78.5 Å².